The molecule has 0 unspecified atom stereocenters. The summed E-state index contributed by atoms with van der Waals surface area (Å²) in [5.41, 5.74) is -3.62. The second-order valence-electron chi connectivity index (χ2n) is 3.88. The van der Waals surface area contributed by atoms with Crippen LogP contribution in [-0.2, 0) is 6.18 Å². The average Bonchev–Trinajstić information content (AvgIpc) is 2.13. The number of nitrogens with one attached hydrogen (secondary N) is 1. The Hall–Kier alpha value is -1.24. The van der Waals surface area contributed by atoms with Gasteiger partial charge in [0.1, 0.15) is 10.7 Å². The van der Waals surface area contributed by atoms with E-state index in [0.717, 1.165) is 11.0 Å². The molecule has 1 aliphatic carbocycles. The van der Waals surface area contributed by atoms with Gasteiger partial charge in [-0.1, -0.05) is 11.6 Å². The summed E-state index contributed by atoms with van der Waals surface area (Å²) in [7, 11) is 0. The van der Waals surface area contributed by atoms with Crippen molar-refractivity contribution in [2.24, 2.45) is 0 Å². The molecule has 0 atom stereocenters. The van der Waals surface area contributed by atoms with Crippen molar-refractivity contribution >= 4 is 11.6 Å². The Labute approximate surface area is 98.0 Å². The molecule has 1 N–H and O–H groups in total. The van der Waals surface area contributed by atoms with Gasteiger partial charge in [0.2, 0.25) is 0 Å². The maximum absolute atomic E-state index is 12.4. The van der Waals surface area contributed by atoms with Crippen molar-refractivity contribution < 1.29 is 13.2 Å². The van der Waals surface area contributed by atoms with Crippen LogP contribution in [0, 0.1) is 0 Å². The van der Waals surface area contributed by atoms with Crippen LogP contribution in [0.5, 0.6) is 0 Å². The fraction of sp³-hybridized carbons (Fsp3) is 0.556. The number of aromatic nitrogens is 2. The summed E-state index contributed by atoms with van der Waals surface area (Å²) < 4.78 is 38.1. The van der Waals surface area contributed by atoms with Gasteiger partial charge in [0.15, 0.2) is 0 Å². The Bertz CT molecular complexity index is 557. The van der Waals surface area contributed by atoms with E-state index >= 15 is 0 Å². The summed E-state index contributed by atoms with van der Waals surface area (Å²) in [5, 5.41) is -0.982. The van der Waals surface area contributed by atoms with E-state index in [2.05, 4.69) is 0 Å². The van der Waals surface area contributed by atoms with Gasteiger partial charge in [0, 0.05) is 6.04 Å². The molecule has 0 aromatic carbocycles. The standard InChI is InChI=1S/C9H8ClF3N2O2/c10-5-6(9(11,12)13)14-8(17)15(7(5)16)4-2-1-3-4/h4H,1-3H2,(H,14,17). The average molecular weight is 269 g/mol. The minimum absolute atomic E-state index is 0.342. The van der Waals surface area contributed by atoms with Gasteiger partial charge in [0.05, 0.1) is 0 Å². The lowest BCUT2D eigenvalue weighted by atomic mass is 9.93. The van der Waals surface area contributed by atoms with Crippen LogP contribution in [0.25, 0.3) is 0 Å². The molecule has 0 aliphatic heterocycles. The number of rotatable bonds is 1. The van der Waals surface area contributed by atoms with Crippen LogP contribution in [0.2, 0.25) is 5.02 Å². The first-order valence-corrected chi connectivity index (χ1v) is 5.31. The molecule has 1 fully saturated rings. The van der Waals surface area contributed by atoms with Crippen LogP contribution >= 0.6 is 11.6 Å². The molecule has 8 heteroatoms. The van der Waals surface area contributed by atoms with Crippen molar-refractivity contribution in [1.82, 2.24) is 9.55 Å². The van der Waals surface area contributed by atoms with Crippen molar-refractivity contribution in [3.8, 4) is 0 Å². The predicted molar refractivity (Wildman–Crippen MR) is 54.2 cm³/mol. The van der Waals surface area contributed by atoms with E-state index < -0.39 is 28.1 Å². The topological polar surface area (TPSA) is 54.9 Å². The summed E-state index contributed by atoms with van der Waals surface area (Å²) >= 11 is 5.36. The Morgan fingerprint density at radius 3 is 2.29 bits per heavy atom. The number of H-pyrrole nitrogens is 1. The summed E-state index contributed by atoms with van der Waals surface area (Å²) in [6, 6.07) is -0.342. The molecule has 0 spiro atoms. The van der Waals surface area contributed by atoms with Crippen LogP contribution in [0.4, 0.5) is 13.2 Å². The molecule has 1 aromatic rings. The molecule has 1 saturated carbocycles. The molecular weight excluding hydrogens is 261 g/mol. The summed E-state index contributed by atoms with van der Waals surface area (Å²) in [5.74, 6) is 0. The number of hydrogen-bond acceptors (Lipinski definition) is 2. The van der Waals surface area contributed by atoms with Gasteiger partial charge >= 0.3 is 11.9 Å². The first kappa shape index (κ1) is 12.2. The number of aromatic amines is 1. The van der Waals surface area contributed by atoms with Crippen LogP contribution in [-0.4, -0.2) is 9.55 Å². The minimum Gasteiger partial charge on any atom is -0.302 e. The molecule has 0 amide bonds. The first-order chi connectivity index (χ1) is 7.82. The molecule has 0 saturated heterocycles. The van der Waals surface area contributed by atoms with Crippen LogP contribution in [0.15, 0.2) is 9.59 Å². The second kappa shape index (κ2) is 3.90. The molecule has 4 nitrogen and oxygen atoms in total. The second-order valence-corrected chi connectivity index (χ2v) is 4.25. The van der Waals surface area contributed by atoms with E-state index in [-0.39, 0.29) is 6.04 Å². The van der Waals surface area contributed by atoms with Crippen LogP contribution < -0.4 is 11.2 Å². The van der Waals surface area contributed by atoms with Crippen LogP contribution in [0.1, 0.15) is 31.0 Å². The van der Waals surface area contributed by atoms with Gasteiger partial charge in [-0.05, 0) is 19.3 Å². The van der Waals surface area contributed by atoms with E-state index in [9.17, 15) is 22.8 Å². The number of alkyl halides is 3. The fourth-order valence-electron chi connectivity index (χ4n) is 1.70. The maximum atomic E-state index is 12.4. The van der Waals surface area contributed by atoms with E-state index in [0.29, 0.717) is 12.8 Å². The molecule has 1 aliphatic rings. The Kier molecular flexibility index (Phi) is 2.81. The molecule has 1 heterocycles. The van der Waals surface area contributed by atoms with Gasteiger partial charge < -0.3 is 4.98 Å². The summed E-state index contributed by atoms with van der Waals surface area (Å²) in [6.45, 7) is 0. The van der Waals surface area contributed by atoms with Crippen molar-refractivity contribution in [3.05, 3.63) is 31.6 Å². The smallest absolute Gasteiger partial charge is 0.302 e. The third kappa shape index (κ3) is 1.99. The Morgan fingerprint density at radius 1 is 1.29 bits per heavy atom. The minimum atomic E-state index is -4.84. The molecule has 94 valence electrons. The zero-order valence-electron chi connectivity index (χ0n) is 8.47. The lowest BCUT2D eigenvalue weighted by Crippen LogP contribution is -2.42. The Balaban J connectivity index is 2.64. The highest BCUT2D eigenvalue weighted by molar-refractivity contribution is 6.31. The number of halogens is 4. The molecular formula is C9H8ClF3N2O2. The lowest BCUT2D eigenvalue weighted by molar-refractivity contribution is -0.141. The quantitative estimate of drug-likeness (QED) is 0.846. The zero-order chi connectivity index (χ0) is 12.8. The highest BCUT2D eigenvalue weighted by atomic mass is 35.5. The molecule has 2 rings (SSSR count). The fourth-order valence-corrected chi connectivity index (χ4v) is 1.94. The Morgan fingerprint density at radius 2 is 1.88 bits per heavy atom. The molecule has 0 radical (unpaired) electrons. The molecule has 1 aromatic heterocycles. The first-order valence-electron chi connectivity index (χ1n) is 4.94. The maximum Gasteiger partial charge on any atom is 0.433 e. The summed E-state index contributed by atoms with van der Waals surface area (Å²) in [4.78, 5) is 24.7. The SMILES string of the molecule is O=c1[nH]c(C(F)(F)F)c(Cl)c(=O)n1C1CCC1. The largest absolute Gasteiger partial charge is 0.433 e. The third-order valence-corrected chi connectivity index (χ3v) is 3.15. The van der Waals surface area contributed by atoms with Gasteiger partial charge in [-0.15, -0.1) is 0 Å². The molecule has 17 heavy (non-hydrogen) atoms. The van der Waals surface area contributed by atoms with E-state index in [1.807, 2.05) is 0 Å². The predicted octanol–water partition coefficient (Wildman–Crippen LogP) is 1.93. The van der Waals surface area contributed by atoms with Crippen molar-refractivity contribution in [2.45, 2.75) is 31.5 Å². The van der Waals surface area contributed by atoms with Gasteiger partial charge in [-0.2, -0.15) is 13.2 Å². The number of nitrogens with zero attached hydrogens (tertiary/aromatic N) is 1. The van der Waals surface area contributed by atoms with Gasteiger partial charge in [-0.3, -0.25) is 9.36 Å². The highest BCUT2D eigenvalue weighted by Gasteiger charge is 2.37. The third-order valence-electron chi connectivity index (χ3n) is 2.80. The van der Waals surface area contributed by atoms with Crippen molar-refractivity contribution in [2.75, 3.05) is 0 Å². The highest BCUT2D eigenvalue weighted by Crippen LogP contribution is 2.32. The van der Waals surface area contributed by atoms with Crippen molar-refractivity contribution in [1.29, 1.82) is 0 Å². The van der Waals surface area contributed by atoms with Crippen molar-refractivity contribution in [3.63, 3.8) is 0 Å². The molecule has 0 bridgehead atoms. The normalized spacial score (nSPS) is 16.9. The van der Waals surface area contributed by atoms with Gasteiger partial charge in [-0.25, -0.2) is 4.79 Å². The summed E-state index contributed by atoms with van der Waals surface area (Å²) in [6.07, 6.45) is -2.79. The monoisotopic (exact) mass is 268 g/mol. The zero-order valence-corrected chi connectivity index (χ0v) is 9.23. The van der Waals surface area contributed by atoms with Gasteiger partial charge in [0.25, 0.3) is 5.56 Å². The lowest BCUT2D eigenvalue weighted by Gasteiger charge is -2.26. The number of hydrogen-bond donors (Lipinski definition) is 1. The van der Waals surface area contributed by atoms with E-state index in [1.54, 1.807) is 4.98 Å². The van der Waals surface area contributed by atoms with Crippen LogP contribution in [0.3, 0.4) is 0 Å². The van der Waals surface area contributed by atoms with E-state index in [4.69, 9.17) is 11.6 Å². The van der Waals surface area contributed by atoms with E-state index in [1.165, 1.54) is 0 Å².